The second-order valence-electron chi connectivity index (χ2n) is 4.63. The lowest BCUT2D eigenvalue weighted by atomic mass is 10.2. The second-order valence-corrected chi connectivity index (χ2v) is 4.63. The standard InChI is InChI=1S/C17H13N3O2/c21-16(12-6-9-13-7-2-1-3-8-13)20(22)17-18-14-10-4-5-11-15(14)19-17/h1-5,7-8,10-11,22H,12H2,(H,18,19). The first-order chi connectivity index (χ1) is 10.7. The molecule has 22 heavy (non-hydrogen) atoms. The molecule has 108 valence electrons. The largest absolute Gasteiger partial charge is 0.322 e. The molecule has 3 aromatic rings. The maximum absolute atomic E-state index is 11.9. The Morgan fingerprint density at radius 2 is 1.86 bits per heavy atom. The normalized spacial score (nSPS) is 10.0. The Hall–Kier alpha value is -3.10. The lowest BCUT2D eigenvalue weighted by Gasteiger charge is -2.08. The van der Waals surface area contributed by atoms with Crippen LogP contribution in [0, 0.1) is 11.8 Å². The average Bonchev–Trinajstić information content (AvgIpc) is 2.99. The van der Waals surface area contributed by atoms with Gasteiger partial charge in [-0.3, -0.25) is 10.0 Å². The summed E-state index contributed by atoms with van der Waals surface area (Å²) in [5.74, 6) is 5.16. The van der Waals surface area contributed by atoms with Crippen molar-refractivity contribution in [2.24, 2.45) is 0 Å². The Kier molecular flexibility index (Phi) is 3.86. The molecule has 0 saturated carbocycles. The molecule has 0 atom stereocenters. The monoisotopic (exact) mass is 291 g/mol. The summed E-state index contributed by atoms with van der Waals surface area (Å²) in [6.07, 6.45) is -0.0948. The number of carbonyl (C=O) groups is 1. The second kappa shape index (κ2) is 6.12. The van der Waals surface area contributed by atoms with Crippen molar-refractivity contribution in [1.82, 2.24) is 9.97 Å². The predicted molar refractivity (Wildman–Crippen MR) is 83.3 cm³/mol. The first-order valence-electron chi connectivity index (χ1n) is 6.74. The zero-order chi connectivity index (χ0) is 15.4. The van der Waals surface area contributed by atoms with Crippen LogP contribution in [0.2, 0.25) is 0 Å². The van der Waals surface area contributed by atoms with Crippen LogP contribution in [0.1, 0.15) is 12.0 Å². The number of anilines is 1. The van der Waals surface area contributed by atoms with Crippen LogP contribution in [0.15, 0.2) is 54.6 Å². The molecule has 0 unspecified atom stereocenters. The van der Waals surface area contributed by atoms with Crippen LogP contribution in [0.3, 0.4) is 0 Å². The van der Waals surface area contributed by atoms with Crippen molar-refractivity contribution in [2.75, 3.05) is 5.06 Å². The molecular formula is C17H13N3O2. The summed E-state index contributed by atoms with van der Waals surface area (Å²) in [6.45, 7) is 0. The highest BCUT2D eigenvalue weighted by Crippen LogP contribution is 2.16. The van der Waals surface area contributed by atoms with Crippen LogP contribution in [0.25, 0.3) is 11.0 Å². The molecule has 0 aliphatic heterocycles. The third-order valence-electron chi connectivity index (χ3n) is 3.06. The average molecular weight is 291 g/mol. The van der Waals surface area contributed by atoms with Crippen LogP contribution < -0.4 is 5.06 Å². The predicted octanol–water partition coefficient (Wildman–Crippen LogP) is 2.73. The van der Waals surface area contributed by atoms with Crippen LogP contribution in [-0.4, -0.2) is 21.1 Å². The molecule has 0 bridgehead atoms. The van der Waals surface area contributed by atoms with E-state index in [0.717, 1.165) is 11.1 Å². The van der Waals surface area contributed by atoms with E-state index in [4.69, 9.17) is 0 Å². The van der Waals surface area contributed by atoms with Crippen LogP contribution in [-0.2, 0) is 4.79 Å². The summed E-state index contributed by atoms with van der Waals surface area (Å²) >= 11 is 0. The van der Waals surface area contributed by atoms with Gasteiger partial charge in [-0.2, -0.15) is 5.06 Å². The van der Waals surface area contributed by atoms with Gasteiger partial charge in [0.05, 0.1) is 17.5 Å². The highest BCUT2D eigenvalue weighted by Gasteiger charge is 2.15. The number of fused-ring (bicyclic) bond motifs is 1. The fraction of sp³-hybridized carbons (Fsp3) is 0.0588. The number of carbonyl (C=O) groups excluding carboxylic acids is 1. The lowest BCUT2D eigenvalue weighted by Crippen LogP contribution is -2.27. The minimum Gasteiger partial charge on any atom is -0.322 e. The number of aromatic nitrogens is 2. The Morgan fingerprint density at radius 1 is 1.14 bits per heavy atom. The summed E-state index contributed by atoms with van der Waals surface area (Å²) in [6, 6.07) is 16.6. The van der Waals surface area contributed by atoms with Gasteiger partial charge in [0, 0.05) is 5.56 Å². The molecule has 2 aromatic carbocycles. The summed E-state index contributed by atoms with van der Waals surface area (Å²) in [7, 11) is 0. The van der Waals surface area contributed by atoms with E-state index in [1.54, 1.807) is 6.07 Å². The Labute approximate surface area is 127 Å². The number of benzene rings is 2. The maximum atomic E-state index is 11.9. The van der Waals surface area contributed by atoms with Gasteiger partial charge in [-0.1, -0.05) is 42.2 Å². The van der Waals surface area contributed by atoms with E-state index in [0.29, 0.717) is 10.6 Å². The molecule has 1 amide bonds. The van der Waals surface area contributed by atoms with Crippen molar-refractivity contribution in [2.45, 2.75) is 6.42 Å². The number of H-pyrrole nitrogens is 1. The number of rotatable bonds is 2. The van der Waals surface area contributed by atoms with Gasteiger partial charge in [0.1, 0.15) is 0 Å². The van der Waals surface area contributed by atoms with Gasteiger partial charge in [-0.15, -0.1) is 0 Å². The third-order valence-corrected chi connectivity index (χ3v) is 3.06. The van der Waals surface area contributed by atoms with Crippen molar-refractivity contribution in [3.05, 3.63) is 60.2 Å². The molecule has 1 aromatic heterocycles. The van der Waals surface area contributed by atoms with Crippen molar-refractivity contribution in [3.8, 4) is 11.8 Å². The Bertz CT molecular complexity index is 826. The minimum absolute atomic E-state index is 0.0905. The van der Waals surface area contributed by atoms with E-state index in [1.165, 1.54) is 0 Å². The molecule has 1 heterocycles. The molecule has 0 fully saturated rings. The SMILES string of the molecule is O=C(CC#Cc1ccccc1)N(O)c1nc2ccccc2[nH]1. The molecule has 0 saturated heterocycles. The molecule has 2 N–H and O–H groups in total. The number of nitrogens with one attached hydrogen (secondary N) is 1. The summed E-state index contributed by atoms with van der Waals surface area (Å²) < 4.78 is 0. The highest BCUT2D eigenvalue weighted by atomic mass is 16.5. The lowest BCUT2D eigenvalue weighted by molar-refractivity contribution is -0.122. The van der Waals surface area contributed by atoms with E-state index in [9.17, 15) is 10.0 Å². The van der Waals surface area contributed by atoms with E-state index >= 15 is 0 Å². The van der Waals surface area contributed by atoms with Gasteiger partial charge < -0.3 is 4.98 Å². The van der Waals surface area contributed by atoms with Crippen molar-refractivity contribution in [1.29, 1.82) is 0 Å². The molecule has 0 aliphatic carbocycles. The first kappa shape index (κ1) is 13.9. The molecule has 3 rings (SSSR count). The molecule has 0 radical (unpaired) electrons. The van der Waals surface area contributed by atoms with Gasteiger partial charge in [0.15, 0.2) is 0 Å². The fourth-order valence-electron chi connectivity index (χ4n) is 1.98. The zero-order valence-electron chi connectivity index (χ0n) is 11.7. The highest BCUT2D eigenvalue weighted by molar-refractivity contribution is 5.92. The fourth-order valence-corrected chi connectivity index (χ4v) is 1.98. The summed E-state index contributed by atoms with van der Waals surface area (Å²) in [4.78, 5) is 19.0. The quantitative estimate of drug-likeness (QED) is 0.433. The zero-order valence-corrected chi connectivity index (χ0v) is 11.7. The van der Waals surface area contributed by atoms with E-state index in [-0.39, 0.29) is 12.4 Å². The van der Waals surface area contributed by atoms with Crippen LogP contribution in [0.4, 0.5) is 5.95 Å². The number of para-hydroxylation sites is 2. The molecular weight excluding hydrogens is 278 g/mol. The molecule has 0 spiro atoms. The van der Waals surface area contributed by atoms with E-state index in [1.807, 2.05) is 48.5 Å². The van der Waals surface area contributed by atoms with Crippen molar-refractivity contribution in [3.63, 3.8) is 0 Å². The summed E-state index contributed by atoms with van der Waals surface area (Å²) in [5.41, 5.74) is 2.25. The molecule has 0 aliphatic rings. The van der Waals surface area contributed by atoms with Gasteiger partial charge in [-0.05, 0) is 24.3 Å². The van der Waals surface area contributed by atoms with Gasteiger partial charge in [-0.25, -0.2) is 4.98 Å². The van der Waals surface area contributed by atoms with Gasteiger partial charge in [0.2, 0.25) is 5.95 Å². The number of hydrogen-bond donors (Lipinski definition) is 2. The van der Waals surface area contributed by atoms with Gasteiger partial charge >= 0.3 is 0 Å². The number of hydrogen-bond acceptors (Lipinski definition) is 3. The smallest absolute Gasteiger partial charge is 0.265 e. The minimum atomic E-state index is -0.539. The topological polar surface area (TPSA) is 69.2 Å². The van der Waals surface area contributed by atoms with Crippen LogP contribution >= 0.6 is 0 Å². The van der Waals surface area contributed by atoms with E-state index < -0.39 is 5.91 Å². The number of aromatic amines is 1. The number of imidazole rings is 1. The van der Waals surface area contributed by atoms with Gasteiger partial charge in [0.25, 0.3) is 5.91 Å². The van der Waals surface area contributed by atoms with E-state index in [2.05, 4.69) is 21.8 Å². The van der Waals surface area contributed by atoms with Crippen molar-refractivity contribution >= 4 is 22.9 Å². The third kappa shape index (κ3) is 2.97. The first-order valence-corrected chi connectivity index (χ1v) is 6.74. The summed E-state index contributed by atoms with van der Waals surface area (Å²) in [5, 5.41) is 10.4. The number of hydroxylamine groups is 1. The Morgan fingerprint density at radius 3 is 2.64 bits per heavy atom. The number of amides is 1. The molecule has 5 nitrogen and oxygen atoms in total. The molecule has 5 heteroatoms. The maximum Gasteiger partial charge on any atom is 0.265 e. The van der Waals surface area contributed by atoms with Crippen molar-refractivity contribution < 1.29 is 10.0 Å². The number of nitrogens with zero attached hydrogens (tertiary/aromatic N) is 2. The Balaban J connectivity index is 1.71. The van der Waals surface area contributed by atoms with Crippen LogP contribution in [0.5, 0.6) is 0 Å².